The van der Waals surface area contributed by atoms with Gasteiger partial charge >= 0.3 is 0 Å². The molecule has 2 aromatic rings. The molecule has 0 spiro atoms. The lowest BCUT2D eigenvalue weighted by molar-refractivity contribution is 0.281. The number of nitrogens with one attached hydrogen (secondary N) is 2. The number of aliphatic hydroxyl groups excluding tert-OH is 1. The number of halogens is 1. The fourth-order valence-electron chi connectivity index (χ4n) is 1.63. The highest BCUT2D eigenvalue weighted by atomic mass is 32.2. The van der Waals surface area contributed by atoms with E-state index >= 15 is 0 Å². The van der Waals surface area contributed by atoms with E-state index in [-0.39, 0.29) is 6.61 Å². The van der Waals surface area contributed by atoms with Gasteiger partial charge in [-0.2, -0.15) is 5.10 Å². The minimum atomic E-state index is -4.07. The van der Waals surface area contributed by atoms with Crippen molar-refractivity contribution >= 4 is 10.0 Å². The largest absolute Gasteiger partial charge is 0.392 e. The lowest BCUT2D eigenvalue weighted by Gasteiger charge is -2.13. The van der Waals surface area contributed by atoms with Crippen LogP contribution in [0, 0.1) is 5.82 Å². The predicted molar refractivity (Wildman–Crippen MR) is 67.4 cm³/mol. The first kappa shape index (κ1) is 14.6. The van der Waals surface area contributed by atoms with E-state index < -0.39 is 26.8 Å². The van der Waals surface area contributed by atoms with Crippen LogP contribution in [-0.4, -0.2) is 28.7 Å². The van der Waals surface area contributed by atoms with Crippen molar-refractivity contribution in [3.63, 3.8) is 0 Å². The van der Waals surface area contributed by atoms with Gasteiger partial charge in [-0.25, -0.2) is 22.5 Å². The van der Waals surface area contributed by atoms with Gasteiger partial charge < -0.3 is 5.11 Å². The predicted octanol–water partition coefficient (Wildman–Crippen LogP) is 0.476. The fourth-order valence-corrected chi connectivity index (χ4v) is 2.96. The minimum absolute atomic E-state index is 0.305. The molecule has 0 bridgehead atoms. The first-order valence-electron chi connectivity index (χ1n) is 5.71. The van der Waals surface area contributed by atoms with Crippen LogP contribution in [0.25, 0.3) is 0 Å². The molecule has 1 atom stereocenters. The van der Waals surface area contributed by atoms with E-state index in [0.29, 0.717) is 11.4 Å². The van der Waals surface area contributed by atoms with Gasteiger partial charge in [-0.15, -0.1) is 0 Å². The summed E-state index contributed by atoms with van der Waals surface area (Å²) in [5.74, 6) is -0.577. The first-order valence-corrected chi connectivity index (χ1v) is 7.19. The summed E-state index contributed by atoms with van der Waals surface area (Å²) in [6.07, 6.45) is 1.24. The SMILES string of the molecule is CC(NS(=O)(=O)c1cc(CO)ccc1F)c1ncn[nH]1. The Kier molecular flexibility index (Phi) is 4.12. The maximum atomic E-state index is 13.7. The number of benzene rings is 1. The summed E-state index contributed by atoms with van der Waals surface area (Å²) in [5.41, 5.74) is 0.305. The number of aromatic amines is 1. The Labute approximate surface area is 114 Å². The van der Waals surface area contributed by atoms with Crippen LogP contribution in [0.4, 0.5) is 4.39 Å². The molecule has 0 aliphatic rings. The van der Waals surface area contributed by atoms with Crippen molar-refractivity contribution in [1.29, 1.82) is 0 Å². The average Bonchev–Trinajstić information content (AvgIpc) is 2.92. The van der Waals surface area contributed by atoms with E-state index in [1.54, 1.807) is 6.92 Å². The highest BCUT2D eigenvalue weighted by Gasteiger charge is 2.23. The number of aliphatic hydroxyl groups is 1. The third kappa shape index (κ3) is 3.00. The van der Waals surface area contributed by atoms with Crippen LogP contribution in [0.1, 0.15) is 24.4 Å². The molecular formula is C11H13FN4O3S. The quantitative estimate of drug-likeness (QED) is 0.744. The van der Waals surface area contributed by atoms with Crippen LogP contribution in [0.3, 0.4) is 0 Å². The number of rotatable bonds is 5. The Bertz CT molecular complexity index is 688. The third-order valence-corrected chi connectivity index (χ3v) is 4.20. The molecule has 3 N–H and O–H groups in total. The van der Waals surface area contributed by atoms with Crippen LogP contribution in [0.5, 0.6) is 0 Å². The zero-order valence-corrected chi connectivity index (χ0v) is 11.4. The molecule has 0 amide bonds. The summed E-state index contributed by atoms with van der Waals surface area (Å²) in [4.78, 5) is 3.30. The van der Waals surface area contributed by atoms with Crippen molar-refractivity contribution in [3.8, 4) is 0 Å². The molecule has 0 saturated heterocycles. The van der Waals surface area contributed by atoms with Crippen LogP contribution in [-0.2, 0) is 16.6 Å². The number of H-pyrrole nitrogens is 1. The monoisotopic (exact) mass is 300 g/mol. The van der Waals surface area contributed by atoms with Crippen molar-refractivity contribution < 1.29 is 17.9 Å². The lowest BCUT2D eigenvalue weighted by Crippen LogP contribution is -2.28. The van der Waals surface area contributed by atoms with Gasteiger partial charge in [-0.05, 0) is 24.6 Å². The second-order valence-corrected chi connectivity index (χ2v) is 5.82. The zero-order chi connectivity index (χ0) is 14.8. The molecule has 1 unspecified atom stereocenters. The molecule has 9 heteroatoms. The molecular weight excluding hydrogens is 287 g/mol. The van der Waals surface area contributed by atoms with Crippen LogP contribution in [0.2, 0.25) is 0 Å². The van der Waals surface area contributed by atoms with Gasteiger partial charge in [0.1, 0.15) is 22.9 Å². The van der Waals surface area contributed by atoms with Crippen molar-refractivity contribution in [2.75, 3.05) is 0 Å². The van der Waals surface area contributed by atoms with Gasteiger partial charge in [-0.3, -0.25) is 5.10 Å². The van der Waals surface area contributed by atoms with E-state index in [1.807, 2.05) is 0 Å². The summed E-state index contributed by atoms with van der Waals surface area (Å²) in [5, 5.41) is 15.1. The molecule has 2 rings (SSSR count). The minimum Gasteiger partial charge on any atom is -0.392 e. The maximum Gasteiger partial charge on any atom is 0.244 e. The Hall–Kier alpha value is -1.84. The van der Waals surface area contributed by atoms with E-state index in [0.717, 1.165) is 12.1 Å². The van der Waals surface area contributed by atoms with E-state index in [9.17, 15) is 12.8 Å². The van der Waals surface area contributed by atoms with Gasteiger partial charge in [0.25, 0.3) is 0 Å². The van der Waals surface area contributed by atoms with Crippen LogP contribution in [0.15, 0.2) is 29.4 Å². The molecule has 108 valence electrons. The average molecular weight is 300 g/mol. The molecule has 1 heterocycles. The molecule has 1 aromatic carbocycles. The van der Waals surface area contributed by atoms with Gasteiger partial charge in [0.05, 0.1) is 12.6 Å². The number of sulfonamides is 1. The standard InChI is InChI=1S/C11H13FN4O3S/c1-7(11-13-6-14-15-11)16-20(18,19)10-4-8(5-17)2-3-9(10)12/h2-4,6-7,16-17H,5H2,1H3,(H,13,14,15). The van der Waals surface area contributed by atoms with Crippen molar-refractivity contribution in [2.24, 2.45) is 0 Å². The second kappa shape index (κ2) is 5.65. The summed E-state index contributed by atoms with van der Waals surface area (Å²) in [6.45, 7) is 1.17. The number of hydrogen-bond donors (Lipinski definition) is 3. The summed E-state index contributed by atoms with van der Waals surface area (Å²) in [7, 11) is -4.07. The van der Waals surface area contributed by atoms with Crippen molar-refractivity contribution in [2.45, 2.75) is 24.5 Å². The summed E-state index contributed by atoms with van der Waals surface area (Å²) >= 11 is 0. The molecule has 0 radical (unpaired) electrons. The van der Waals surface area contributed by atoms with Crippen LogP contribution < -0.4 is 4.72 Å². The van der Waals surface area contributed by atoms with Crippen molar-refractivity contribution in [1.82, 2.24) is 19.9 Å². The van der Waals surface area contributed by atoms with Gasteiger partial charge in [0.2, 0.25) is 10.0 Å². The third-order valence-electron chi connectivity index (χ3n) is 2.64. The second-order valence-electron chi connectivity index (χ2n) is 4.14. The molecule has 0 saturated carbocycles. The Morgan fingerprint density at radius 1 is 1.50 bits per heavy atom. The molecule has 7 nitrogen and oxygen atoms in total. The van der Waals surface area contributed by atoms with E-state index in [2.05, 4.69) is 19.9 Å². The van der Waals surface area contributed by atoms with Crippen molar-refractivity contribution in [3.05, 3.63) is 41.7 Å². The lowest BCUT2D eigenvalue weighted by atomic mass is 10.2. The summed E-state index contributed by atoms with van der Waals surface area (Å²) in [6, 6.07) is 2.71. The first-order chi connectivity index (χ1) is 9.44. The highest BCUT2D eigenvalue weighted by Crippen LogP contribution is 2.19. The van der Waals surface area contributed by atoms with Gasteiger partial charge in [0.15, 0.2) is 0 Å². The van der Waals surface area contributed by atoms with Gasteiger partial charge in [0, 0.05) is 0 Å². The van der Waals surface area contributed by atoms with Gasteiger partial charge in [-0.1, -0.05) is 6.07 Å². The Morgan fingerprint density at radius 3 is 2.85 bits per heavy atom. The number of hydrogen-bond acceptors (Lipinski definition) is 5. The number of aromatic nitrogens is 3. The molecule has 20 heavy (non-hydrogen) atoms. The van der Waals surface area contributed by atoms with E-state index in [1.165, 1.54) is 12.4 Å². The highest BCUT2D eigenvalue weighted by molar-refractivity contribution is 7.89. The molecule has 0 fully saturated rings. The normalized spacial score (nSPS) is 13.3. The molecule has 0 aliphatic carbocycles. The Morgan fingerprint density at radius 2 is 2.25 bits per heavy atom. The topological polar surface area (TPSA) is 108 Å². The number of nitrogens with zero attached hydrogens (tertiary/aromatic N) is 2. The maximum absolute atomic E-state index is 13.7. The van der Waals surface area contributed by atoms with E-state index in [4.69, 9.17) is 5.11 Å². The van der Waals surface area contributed by atoms with Crippen LogP contribution >= 0.6 is 0 Å². The fraction of sp³-hybridized carbons (Fsp3) is 0.273. The molecule has 1 aromatic heterocycles. The molecule has 0 aliphatic heterocycles. The Balaban J connectivity index is 2.31. The zero-order valence-electron chi connectivity index (χ0n) is 10.5. The summed E-state index contributed by atoms with van der Waals surface area (Å²) < 4.78 is 40.2. The smallest absolute Gasteiger partial charge is 0.244 e.